The number of alkyl halides is 3. The summed E-state index contributed by atoms with van der Waals surface area (Å²) >= 11 is 0. The Kier molecular flexibility index (Phi) is 5.40. The first-order valence-electron chi connectivity index (χ1n) is 6.14. The first kappa shape index (κ1) is 15.2. The maximum absolute atomic E-state index is 12.2. The predicted octanol–water partition coefficient (Wildman–Crippen LogP) is 0.820. The van der Waals surface area contributed by atoms with E-state index in [0.717, 1.165) is 6.42 Å². The predicted molar refractivity (Wildman–Crippen MR) is 62.0 cm³/mol. The average molecular weight is 267 g/mol. The van der Waals surface area contributed by atoms with Gasteiger partial charge < -0.3 is 10.6 Å². The summed E-state index contributed by atoms with van der Waals surface area (Å²) in [5.41, 5.74) is 5.68. The fourth-order valence-electron chi connectivity index (χ4n) is 1.91. The van der Waals surface area contributed by atoms with Crippen LogP contribution in [0, 0.1) is 0 Å². The van der Waals surface area contributed by atoms with E-state index in [1.165, 1.54) is 4.90 Å². The highest BCUT2D eigenvalue weighted by Crippen LogP contribution is 2.17. The minimum Gasteiger partial charge on any atom is -0.340 e. The van der Waals surface area contributed by atoms with Crippen LogP contribution in [0.2, 0.25) is 0 Å². The van der Waals surface area contributed by atoms with Crippen LogP contribution in [0.4, 0.5) is 13.2 Å². The molecule has 1 aliphatic heterocycles. The second kappa shape index (κ2) is 6.38. The summed E-state index contributed by atoms with van der Waals surface area (Å²) in [5, 5.41) is 0. The lowest BCUT2D eigenvalue weighted by Crippen LogP contribution is -2.51. The normalized spacial score (nSPS) is 19.9. The van der Waals surface area contributed by atoms with Crippen LogP contribution in [0.3, 0.4) is 0 Å². The van der Waals surface area contributed by atoms with E-state index in [1.54, 1.807) is 4.90 Å². The highest BCUT2D eigenvalue weighted by Gasteiger charge is 2.32. The Morgan fingerprint density at radius 1 is 1.28 bits per heavy atom. The molecule has 4 nitrogen and oxygen atoms in total. The van der Waals surface area contributed by atoms with Crippen molar-refractivity contribution < 1.29 is 18.0 Å². The number of piperazine rings is 1. The van der Waals surface area contributed by atoms with Crippen molar-refractivity contribution in [2.24, 2.45) is 5.73 Å². The molecule has 2 N–H and O–H groups in total. The molecule has 1 saturated heterocycles. The van der Waals surface area contributed by atoms with Crippen LogP contribution in [0.15, 0.2) is 0 Å². The lowest BCUT2D eigenvalue weighted by atomic mass is 10.1. The summed E-state index contributed by atoms with van der Waals surface area (Å²) in [5.74, 6) is -0.0593. The third-order valence-electron chi connectivity index (χ3n) is 3.09. The number of carbonyl (C=O) groups excluding carboxylic acids is 1. The maximum Gasteiger partial charge on any atom is 0.401 e. The first-order valence-corrected chi connectivity index (χ1v) is 6.14. The van der Waals surface area contributed by atoms with Crippen molar-refractivity contribution in [1.29, 1.82) is 0 Å². The number of hydrogen-bond acceptors (Lipinski definition) is 3. The van der Waals surface area contributed by atoms with Crippen LogP contribution < -0.4 is 5.73 Å². The topological polar surface area (TPSA) is 49.6 Å². The van der Waals surface area contributed by atoms with Gasteiger partial charge in [-0.15, -0.1) is 0 Å². The zero-order chi connectivity index (χ0) is 13.8. The molecule has 0 radical (unpaired) electrons. The summed E-state index contributed by atoms with van der Waals surface area (Å²) in [7, 11) is 0. The smallest absolute Gasteiger partial charge is 0.340 e. The third kappa shape index (κ3) is 5.22. The molecule has 1 atom stereocenters. The van der Waals surface area contributed by atoms with Crippen molar-refractivity contribution in [1.82, 2.24) is 9.80 Å². The number of amides is 1. The van der Waals surface area contributed by atoms with Crippen LogP contribution in [0.1, 0.15) is 19.8 Å². The van der Waals surface area contributed by atoms with Gasteiger partial charge in [0.05, 0.1) is 6.54 Å². The molecule has 0 aromatic heterocycles. The first-order chi connectivity index (χ1) is 8.31. The molecule has 1 heterocycles. The number of nitrogens with zero attached hydrogens (tertiary/aromatic N) is 2. The van der Waals surface area contributed by atoms with Gasteiger partial charge >= 0.3 is 6.18 Å². The number of carbonyl (C=O) groups is 1. The Morgan fingerprint density at radius 2 is 1.83 bits per heavy atom. The standard InChI is InChI=1S/C11H20F3N3O/c1-2-9(15)7-10(18)17-5-3-16(4-6-17)8-11(12,13)14/h9H,2-8,15H2,1H3. The van der Waals surface area contributed by atoms with Gasteiger partial charge in [-0.2, -0.15) is 13.2 Å². The van der Waals surface area contributed by atoms with Gasteiger partial charge in [0.1, 0.15) is 0 Å². The van der Waals surface area contributed by atoms with Crippen LogP contribution in [0.5, 0.6) is 0 Å². The SMILES string of the molecule is CCC(N)CC(=O)N1CCN(CC(F)(F)F)CC1. The van der Waals surface area contributed by atoms with Crippen molar-refractivity contribution in [3.63, 3.8) is 0 Å². The number of rotatable bonds is 4. The highest BCUT2D eigenvalue weighted by atomic mass is 19.4. The molecule has 1 unspecified atom stereocenters. The molecule has 0 saturated carbocycles. The molecule has 1 fully saturated rings. The van der Waals surface area contributed by atoms with E-state index < -0.39 is 12.7 Å². The van der Waals surface area contributed by atoms with Gasteiger partial charge in [-0.1, -0.05) is 6.92 Å². The zero-order valence-corrected chi connectivity index (χ0v) is 10.5. The van der Waals surface area contributed by atoms with E-state index in [0.29, 0.717) is 13.1 Å². The molecule has 1 aliphatic rings. The van der Waals surface area contributed by atoms with Crippen LogP contribution in [-0.2, 0) is 4.79 Å². The van der Waals surface area contributed by atoms with Crippen molar-refractivity contribution in [3.8, 4) is 0 Å². The molecule has 18 heavy (non-hydrogen) atoms. The fourth-order valence-corrected chi connectivity index (χ4v) is 1.91. The molecule has 0 aromatic rings. The van der Waals surface area contributed by atoms with Gasteiger partial charge in [0.25, 0.3) is 0 Å². The molecular weight excluding hydrogens is 247 g/mol. The molecule has 0 aliphatic carbocycles. The van der Waals surface area contributed by atoms with Gasteiger partial charge in [0.15, 0.2) is 0 Å². The monoisotopic (exact) mass is 267 g/mol. The Bertz CT molecular complexity index is 275. The van der Waals surface area contributed by atoms with Gasteiger partial charge in [0, 0.05) is 38.6 Å². The Morgan fingerprint density at radius 3 is 2.28 bits per heavy atom. The molecule has 7 heteroatoms. The van der Waals surface area contributed by atoms with E-state index >= 15 is 0 Å². The molecule has 1 amide bonds. The molecule has 1 rings (SSSR count). The van der Waals surface area contributed by atoms with Crippen LogP contribution in [-0.4, -0.2) is 60.6 Å². The Balaban J connectivity index is 2.33. The van der Waals surface area contributed by atoms with E-state index in [2.05, 4.69) is 0 Å². The zero-order valence-electron chi connectivity index (χ0n) is 10.5. The Labute approximate surface area is 105 Å². The molecule has 0 bridgehead atoms. The molecular formula is C11H20F3N3O. The summed E-state index contributed by atoms with van der Waals surface area (Å²) in [4.78, 5) is 14.7. The second-order valence-electron chi connectivity index (χ2n) is 4.64. The number of halogens is 3. The van der Waals surface area contributed by atoms with E-state index in [9.17, 15) is 18.0 Å². The average Bonchev–Trinajstić information content (AvgIpc) is 2.27. The molecule has 0 aromatic carbocycles. The third-order valence-corrected chi connectivity index (χ3v) is 3.09. The minimum absolute atomic E-state index is 0.0593. The van der Waals surface area contributed by atoms with Crippen molar-refractivity contribution in [2.75, 3.05) is 32.7 Å². The maximum atomic E-state index is 12.2. The summed E-state index contributed by atoms with van der Waals surface area (Å²) < 4.78 is 36.5. The highest BCUT2D eigenvalue weighted by molar-refractivity contribution is 5.76. The molecule has 0 spiro atoms. The summed E-state index contributed by atoms with van der Waals surface area (Å²) in [6.45, 7) is 2.25. The van der Waals surface area contributed by atoms with Gasteiger partial charge in [-0.25, -0.2) is 0 Å². The summed E-state index contributed by atoms with van der Waals surface area (Å²) in [6, 6.07) is -0.161. The fraction of sp³-hybridized carbons (Fsp3) is 0.909. The number of nitrogens with two attached hydrogens (primary N) is 1. The van der Waals surface area contributed by atoms with Gasteiger partial charge in [-0.3, -0.25) is 9.69 Å². The largest absolute Gasteiger partial charge is 0.401 e. The van der Waals surface area contributed by atoms with Crippen LogP contribution >= 0.6 is 0 Å². The lowest BCUT2D eigenvalue weighted by molar-refractivity contribution is -0.151. The summed E-state index contributed by atoms with van der Waals surface area (Å²) in [6.07, 6.45) is -3.17. The second-order valence-corrected chi connectivity index (χ2v) is 4.64. The van der Waals surface area contributed by atoms with E-state index in [1.807, 2.05) is 6.92 Å². The quantitative estimate of drug-likeness (QED) is 0.820. The minimum atomic E-state index is -4.17. The molecule has 106 valence electrons. The Hall–Kier alpha value is -0.820. The van der Waals surface area contributed by atoms with Crippen LogP contribution in [0.25, 0.3) is 0 Å². The van der Waals surface area contributed by atoms with E-state index in [-0.39, 0.29) is 31.5 Å². The van der Waals surface area contributed by atoms with Crippen molar-refractivity contribution in [3.05, 3.63) is 0 Å². The number of hydrogen-bond donors (Lipinski definition) is 1. The van der Waals surface area contributed by atoms with Gasteiger partial charge in [0.2, 0.25) is 5.91 Å². The van der Waals surface area contributed by atoms with E-state index in [4.69, 9.17) is 5.73 Å². The van der Waals surface area contributed by atoms with Crippen molar-refractivity contribution in [2.45, 2.75) is 32.0 Å². The van der Waals surface area contributed by atoms with Crippen molar-refractivity contribution >= 4 is 5.91 Å². The lowest BCUT2D eigenvalue weighted by Gasteiger charge is -2.35. The van der Waals surface area contributed by atoms with Gasteiger partial charge in [-0.05, 0) is 6.42 Å².